The van der Waals surface area contributed by atoms with Crippen LogP contribution in [-0.4, -0.2) is 26.6 Å². The summed E-state index contributed by atoms with van der Waals surface area (Å²) < 4.78 is 25.7. The summed E-state index contributed by atoms with van der Waals surface area (Å²) in [7, 11) is -3.65. The van der Waals surface area contributed by atoms with Gasteiger partial charge in [-0.05, 0) is 62.2 Å². The molecule has 7 heteroatoms. The van der Waals surface area contributed by atoms with Crippen LogP contribution in [0, 0.1) is 13.8 Å². The number of amides is 1. The van der Waals surface area contributed by atoms with Gasteiger partial charge in [-0.15, -0.1) is 0 Å². The number of rotatable bonds is 5. The Bertz CT molecular complexity index is 897. The highest BCUT2D eigenvalue weighted by Gasteiger charge is 2.29. The van der Waals surface area contributed by atoms with Crippen LogP contribution in [0.15, 0.2) is 42.5 Å². The number of hydrogen-bond donors (Lipinski definition) is 1. The van der Waals surface area contributed by atoms with Gasteiger partial charge in [0.15, 0.2) is 0 Å². The summed E-state index contributed by atoms with van der Waals surface area (Å²) in [6.07, 6.45) is 1.09. The Hall–Kier alpha value is -2.05. The molecule has 0 aliphatic rings. The van der Waals surface area contributed by atoms with E-state index in [4.69, 9.17) is 11.6 Å². The second kappa shape index (κ2) is 7.45. The Balaban J connectivity index is 2.34. The van der Waals surface area contributed by atoms with Crippen molar-refractivity contribution in [1.82, 2.24) is 0 Å². The van der Waals surface area contributed by atoms with Crippen LogP contribution in [0.3, 0.4) is 0 Å². The number of carbonyl (C=O) groups is 1. The van der Waals surface area contributed by atoms with Gasteiger partial charge in [-0.3, -0.25) is 9.10 Å². The molecule has 2 aromatic carbocycles. The maximum atomic E-state index is 12.6. The molecule has 0 radical (unpaired) electrons. The maximum absolute atomic E-state index is 12.6. The van der Waals surface area contributed by atoms with Gasteiger partial charge in [0, 0.05) is 10.7 Å². The van der Waals surface area contributed by atoms with Crippen LogP contribution < -0.4 is 9.62 Å². The second-order valence-electron chi connectivity index (χ2n) is 6.00. The topological polar surface area (TPSA) is 66.5 Å². The highest BCUT2D eigenvalue weighted by molar-refractivity contribution is 7.92. The summed E-state index contributed by atoms with van der Waals surface area (Å²) in [5.74, 6) is -0.439. The van der Waals surface area contributed by atoms with Crippen molar-refractivity contribution in [1.29, 1.82) is 0 Å². The highest BCUT2D eigenvalue weighted by Crippen LogP contribution is 2.24. The highest BCUT2D eigenvalue weighted by atomic mass is 35.5. The van der Waals surface area contributed by atoms with Crippen molar-refractivity contribution in [3.63, 3.8) is 0 Å². The quantitative estimate of drug-likeness (QED) is 0.858. The summed E-state index contributed by atoms with van der Waals surface area (Å²) >= 11 is 5.91. The Morgan fingerprint density at radius 1 is 1.12 bits per heavy atom. The summed E-state index contributed by atoms with van der Waals surface area (Å²) in [6.45, 7) is 5.39. The van der Waals surface area contributed by atoms with Crippen LogP contribution in [-0.2, 0) is 14.8 Å². The van der Waals surface area contributed by atoms with Crippen molar-refractivity contribution in [2.24, 2.45) is 0 Å². The molecule has 1 N–H and O–H groups in total. The normalized spacial score (nSPS) is 12.5. The third-order valence-corrected chi connectivity index (χ3v) is 5.40. The van der Waals surface area contributed by atoms with Crippen molar-refractivity contribution >= 4 is 38.9 Å². The molecule has 0 saturated heterocycles. The lowest BCUT2D eigenvalue weighted by Crippen LogP contribution is -2.45. The smallest absolute Gasteiger partial charge is 0.247 e. The maximum Gasteiger partial charge on any atom is 0.247 e. The summed E-state index contributed by atoms with van der Waals surface area (Å²) in [5.41, 5.74) is 2.97. The molecule has 0 aliphatic heterocycles. The number of anilines is 2. The van der Waals surface area contributed by atoms with Crippen molar-refractivity contribution in [2.75, 3.05) is 15.9 Å². The third-order valence-electron chi connectivity index (χ3n) is 3.93. The molecule has 0 heterocycles. The van der Waals surface area contributed by atoms with Crippen LogP contribution in [0.1, 0.15) is 18.1 Å². The molecular formula is C18H21ClN2O3S. The van der Waals surface area contributed by atoms with Crippen molar-refractivity contribution in [3.8, 4) is 0 Å². The first-order chi connectivity index (χ1) is 11.6. The Labute approximate surface area is 153 Å². The van der Waals surface area contributed by atoms with Gasteiger partial charge in [-0.2, -0.15) is 0 Å². The molecule has 134 valence electrons. The molecule has 0 aliphatic carbocycles. The minimum atomic E-state index is -3.65. The molecule has 0 aromatic heterocycles. The van der Waals surface area contributed by atoms with E-state index in [2.05, 4.69) is 5.32 Å². The molecule has 0 fully saturated rings. The van der Waals surface area contributed by atoms with E-state index in [1.807, 2.05) is 19.9 Å². The van der Waals surface area contributed by atoms with E-state index in [1.165, 1.54) is 0 Å². The number of nitrogens with one attached hydrogen (secondary N) is 1. The minimum absolute atomic E-state index is 0.439. The Morgan fingerprint density at radius 2 is 1.80 bits per heavy atom. The van der Waals surface area contributed by atoms with Crippen molar-refractivity contribution in [2.45, 2.75) is 26.8 Å². The van der Waals surface area contributed by atoms with E-state index in [-0.39, 0.29) is 0 Å². The summed E-state index contributed by atoms with van der Waals surface area (Å²) in [6, 6.07) is 11.1. The first kappa shape index (κ1) is 19.3. The van der Waals surface area contributed by atoms with Gasteiger partial charge in [0.05, 0.1) is 11.9 Å². The van der Waals surface area contributed by atoms with Crippen LogP contribution in [0.5, 0.6) is 0 Å². The standard InChI is InChI=1S/C18H21ClN2O3S/c1-12-8-9-17(10-13(12)2)21(25(4,23)24)14(3)18(22)20-16-7-5-6-15(19)11-16/h5-11,14H,1-4H3,(H,20,22)/t14-/m0/s1. The molecule has 5 nitrogen and oxygen atoms in total. The number of hydrogen-bond acceptors (Lipinski definition) is 3. The van der Waals surface area contributed by atoms with Crippen LogP contribution >= 0.6 is 11.6 Å². The first-order valence-electron chi connectivity index (χ1n) is 7.72. The second-order valence-corrected chi connectivity index (χ2v) is 8.30. The van der Waals surface area contributed by atoms with Crippen molar-refractivity contribution in [3.05, 3.63) is 58.6 Å². The van der Waals surface area contributed by atoms with Gasteiger partial charge < -0.3 is 5.32 Å². The predicted octanol–water partition coefficient (Wildman–Crippen LogP) is 3.75. The van der Waals surface area contributed by atoms with Crippen LogP contribution in [0.4, 0.5) is 11.4 Å². The molecule has 0 spiro atoms. The van der Waals surface area contributed by atoms with E-state index >= 15 is 0 Å². The average Bonchev–Trinajstić information content (AvgIpc) is 2.49. The van der Waals surface area contributed by atoms with Gasteiger partial charge in [0.25, 0.3) is 0 Å². The molecule has 2 aromatic rings. The number of sulfonamides is 1. The molecule has 0 unspecified atom stereocenters. The van der Waals surface area contributed by atoms with Gasteiger partial charge in [-0.25, -0.2) is 8.42 Å². The zero-order valence-corrected chi connectivity index (χ0v) is 16.1. The number of nitrogens with zero attached hydrogens (tertiary/aromatic N) is 1. The summed E-state index contributed by atoms with van der Waals surface area (Å²) in [4.78, 5) is 12.6. The molecule has 0 saturated carbocycles. The summed E-state index contributed by atoms with van der Waals surface area (Å²) in [5, 5.41) is 3.19. The zero-order chi connectivity index (χ0) is 18.8. The molecule has 25 heavy (non-hydrogen) atoms. The number of aryl methyl sites for hydroxylation is 2. The van der Waals surface area contributed by atoms with Gasteiger partial charge in [-0.1, -0.05) is 23.7 Å². The Kier molecular flexibility index (Phi) is 5.75. The fourth-order valence-electron chi connectivity index (χ4n) is 2.48. The Morgan fingerprint density at radius 3 is 2.36 bits per heavy atom. The number of carbonyl (C=O) groups excluding carboxylic acids is 1. The van der Waals surface area contributed by atoms with Crippen LogP contribution in [0.2, 0.25) is 5.02 Å². The molecule has 1 atom stereocenters. The lowest BCUT2D eigenvalue weighted by molar-refractivity contribution is -0.116. The van der Waals surface area contributed by atoms with E-state index in [1.54, 1.807) is 43.3 Å². The zero-order valence-electron chi connectivity index (χ0n) is 14.6. The van der Waals surface area contributed by atoms with Crippen molar-refractivity contribution < 1.29 is 13.2 Å². The fraction of sp³-hybridized carbons (Fsp3) is 0.278. The molecule has 0 bridgehead atoms. The van der Waals surface area contributed by atoms with Crippen LogP contribution in [0.25, 0.3) is 0 Å². The van der Waals surface area contributed by atoms with E-state index in [9.17, 15) is 13.2 Å². The average molecular weight is 381 g/mol. The molecule has 2 rings (SSSR count). The van der Waals surface area contributed by atoms with E-state index < -0.39 is 22.0 Å². The lowest BCUT2D eigenvalue weighted by Gasteiger charge is -2.28. The first-order valence-corrected chi connectivity index (χ1v) is 9.95. The van der Waals surface area contributed by atoms with E-state index in [0.717, 1.165) is 21.7 Å². The van der Waals surface area contributed by atoms with E-state index in [0.29, 0.717) is 16.4 Å². The number of benzene rings is 2. The van der Waals surface area contributed by atoms with Gasteiger partial charge >= 0.3 is 0 Å². The SMILES string of the molecule is Cc1ccc(N([C@@H](C)C(=O)Nc2cccc(Cl)c2)S(C)(=O)=O)cc1C. The minimum Gasteiger partial charge on any atom is -0.324 e. The third kappa shape index (κ3) is 4.74. The van der Waals surface area contributed by atoms with Gasteiger partial charge in [0.2, 0.25) is 15.9 Å². The van der Waals surface area contributed by atoms with Gasteiger partial charge in [0.1, 0.15) is 6.04 Å². The lowest BCUT2D eigenvalue weighted by atomic mass is 10.1. The molecule has 1 amide bonds. The monoisotopic (exact) mass is 380 g/mol. The number of halogens is 1. The predicted molar refractivity (Wildman–Crippen MR) is 103 cm³/mol. The molecular weight excluding hydrogens is 360 g/mol. The fourth-order valence-corrected chi connectivity index (χ4v) is 3.84. The largest absolute Gasteiger partial charge is 0.324 e.